The molecule has 0 radical (unpaired) electrons. The summed E-state index contributed by atoms with van der Waals surface area (Å²) in [6, 6.07) is 0.895. The van der Waals surface area contributed by atoms with Gasteiger partial charge in [0.1, 0.15) is 0 Å². The number of rotatable bonds is 5. The van der Waals surface area contributed by atoms with E-state index in [0.717, 1.165) is 63.6 Å². The van der Waals surface area contributed by atoms with Gasteiger partial charge in [-0.2, -0.15) is 0 Å². The number of nitrogens with zero attached hydrogens (tertiary/aromatic N) is 3. The van der Waals surface area contributed by atoms with Gasteiger partial charge in [-0.25, -0.2) is 0 Å². The van der Waals surface area contributed by atoms with Crippen LogP contribution < -0.4 is 10.6 Å². The number of piperazine rings is 1. The first kappa shape index (κ1) is 19.7. The summed E-state index contributed by atoms with van der Waals surface area (Å²) in [4.78, 5) is 9.19. The third-order valence-electron chi connectivity index (χ3n) is 5.33. The van der Waals surface area contributed by atoms with E-state index in [1.165, 1.54) is 0 Å². The number of hydrogen-bond donors (Lipinski definition) is 2. The van der Waals surface area contributed by atoms with Crippen molar-refractivity contribution in [3.8, 4) is 0 Å². The van der Waals surface area contributed by atoms with Crippen molar-refractivity contribution in [1.29, 1.82) is 0 Å². The fourth-order valence-corrected chi connectivity index (χ4v) is 5.02. The molecule has 1 saturated heterocycles. The topological polar surface area (TPSA) is 60.0 Å². The number of hydrogen-bond acceptors (Lipinski definition) is 4. The van der Waals surface area contributed by atoms with Crippen molar-refractivity contribution in [2.24, 2.45) is 4.99 Å². The van der Waals surface area contributed by atoms with Gasteiger partial charge in [0.05, 0.1) is 0 Å². The van der Waals surface area contributed by atoms with E-state index in [1.807, 2.05) is 14.0 Å². The van der Waals surface area contributed by atoms with Crippen LogP contribution in [-0.4, -0.2) is 90.4 Å². The van der Waals surface area contributed by atoms with E-state index >= 15 is 0 Å². The fraction of sp³-hybridized carbons (Fsp3) is 0.941. The summed E-state index contributed by atoms with van der Waals surface area (Å²) in [5, 5.41) is 7.39. The molecule has 2 N–H and O–H groups in total. The van der Waals surface area contributed by atoms with E-state index in [0.29, 0.717) is 17.3 Å². The van der Waals surface area contributed by atoms with Crippen LogP contribution in [0.1, 0.15) is 32.6 Å². The van der Waals surface area contributed by atoms with Crippen LogP contribution in [0.25, 0.3) is 0 Å². The highest BCUT2D eigenvalue weighted by atomic mass is 32.2. The first-order valence-corrected chi connectivity index (χ1v) is 10.6. The third-order valence-corrected chi connectivity index (χ3v) is 7.07. The first-order valence-electron chi connectivity index (χ1n) is 9.26. The summed E-state index contributed by atoms with van der Waals surface area (Å²) in [5.41, 5.74) is 0. The summed E-state index contributed by atoms with van der Waals surface area (Å²) in [6.07, 6.45) is 4.39. The molecule has 0 amide bonds. The number of aliphatic imine (C=N–C) groups is 1. The zero-order valence-electron chi connectivity index (χ0n) is 15.8. The molecule has 1 saturated carbocycles. The lowest BCUT2D eigenvalue weighted by atomic mass is 9.95. The van der Waals surface area contributed by atoms with Gasteiger partial charge in [-0.3, -0.25) is 14.1 Å². The van der Waals surface area contributed by atoms with Crippen molar-refractivity contribution >= 4 is 16.8 Å². The molecule has 2 fully saturated rings. The normalized spacial score (nSPS) is 31.7. The first-order chi connectivity index (χ1) is 11.5. The monoisotopic (exact) mass is 357 g/mol. The fourth-order valence-electron chi connectivity index (χ4n) is 3.67. The molecule has 24 heavy (non-hydrogen) atoms. The molecule has 1 aliphatic carbocycles. The van der Waals surface area contributed by atoms with Crippen molar-refractivity contribution in [2.75, 3.05) is 53.1 Å². The molecule has 0 aromatic rings. The Labute approximate surface area is 149 Å². The second-order valence-corrected chi connectivity index (χ2v) is 9.15. The molecule has 4 atom stereocenters. The van der Waals surface area contributed by atoms with Crippen molar-refractivity contribution < 1.29 is 4.21 Å². The SMILES string of the molecule is CCS(=O)C1CCCC(NC(=NC)NCC2CN(C)CCN2C)C1. The van der Waals surface area contributed by atoms with E-state index in [-0.39, 0.29) is 0 Å². The zero-order chi connectivity index (χ0) is 17.5. The molecule has 0 aromatic carbocycles. The second-order valence-electron chi connectivity index (χ2n) is 7.15. The van der Waals surface area contributed by atoms with E-state index < -0.39 is 10.8 Å². The molecule has 0 bridgehead atoms. The molecule has 1 aliphatic heterocycles. The van der Waals surface area contributed by atoms with Gasteiger partial charge >= 0.3 is 0 Å². The standard InChI is InChI=1S/C17H35N5OS/c1-5-24(23)16-8-6-7-14(11-16)20-17(18-2)19-12-15-13-21(3)9-10-22(15)4/h14-16H,5-13H2,1-4H3,(H2,18,19,20). The number of guanidine groups is 1. The van der Waals surface area contributed by atoms with Crippen LogP contribution >= 0.6 is 0 Å². The van der Waals surface area contributed by atoms with Gasteiger partial charge in [-0.1, -0.05) is 13.3 Å². The molecule has 2 aliphatic rings. The van der Waals surface area contributed by atoms with Crippen molar-refractivity contribution in [2.45, 2.75) is 49.9 Å². The van der Waals surface area contributed by atoms with E-state index in [4.69, 9.17) is 0 Å². The maximum absolute atomic E-state index is 12.1. The summed E-state index contributed by atoms with van der Waals surface area (Å²) < 4.78 is 12.1. The number of likely N-dealkylation sites (N-methyl/N-ethyl adjacent to an activating group) is 2. The van der Waals surface area contributed by atoms with Crippen LogP contribution in [0.15, 0.2) is 4.99 Å². The largest absolute Gasteiger partial charge is 0.355 e. The van der Waals surface area contributed by atoms with Gasteiger partial charge < -0.3 is 15.5 Å². The molecular weight excluding hydrogens is 322 g/mol. The van der Waals surface area contributed by atoms with Gasteiger partial charge in [0.15, 0.2) is 5.96 Å². The van der Waals surface area contributed by atoms with Crippen LogP contribution in [0.5, 0.6) is 0 Å². The lowest BCUT2D eigenvalue weighted by Crippen LogP contribution is -2.56. The van der Waals surface area contributed by atoms with E-state index in [2.05, 4.69) is 39.5 Å². The Bertz CT molecular complexity index is 445. The molecule has 7 heteroatoms. The predicted octanol–water partition coefficient (Wildman–Crippen LogP) is 0.477. The lowest BCUT2D eigenvalue weighted by Gasteiger charge is -2.38. The minimum atomic E-state index is -0.680. The Balaban J connectivity index is 1.80. The zero-order valence-corrected chi connectivity index (χ0v) is 16.6. The van der Waals surface area contributed by atoms with Gasteiger partial charge in [-0.05, 0) is 33.4 Å². The van der Waals surface area contributed by atoms with Gasteiger partial charge in [0, 0.05) is 67.1 Å². The Morgan fingerprint density at radius 1 is 1.29 bits per heavy atom. The average molecular weight is 358 g/mol. The summed E-state index contributed by atoms with van der Waals surface area (Å²) in [7, 11) is 5.53. The highest BCUT2D eigenvalue weighted by Crippen LogP contribution is 2.22. The summed E-state index contributed by atoms with van der Waals surface area (Å²) in [5.74, 6) is 1.65. The van der Waals surface area contributed by atoms with Crippen molar-refractivity contribution in [3.63, 3.8) is 0 Å². The van der Waals surface area contributed by atoms with Crippen LogP contribution in [0.2, 0.25) is 0 Å². The molecule has 0 spiro atoms. The summed E-state index contributed by atoms with van der Waals surface area (Å²) >= 11 is 0. The lowest BCUT2D eigenvalue weighted by molar-refractivity contribution is 0.116. The van der Waals surface area contributed by atoms with Gasteiger partial charge in [0.25, 0.3) is 0 Å². The minimum Gasteiger partial charge on any atom is -0.355 e. The van der Waals surface area contributed by atoms with Crippen LogP contribution in [0, 0.1) is 0 Å². The Kier molecular flexibility index (Phi) is 7.97. The third kappa shape index (κ3) is 5.70. The van der Waals surface area contributed by atoms with Crippen molar-refractivity contribution in [3.05, 3.63) is 0 Å². The highest BCUT2D eigenvalue weighted by Gasteiger charge is 2.27. The quantitative estimate of drug-likeness (QED) is 0.554. The second kappa shape index (κ2) is 9.73. The molecule has 6 nitrogen and oxygen atoms in total. The maximum Gasteiger partial charge on any atom is 0.191 e. The van der Waals surface area contributed by atoms with Gasteiger partial charge in [-0.15, -0.1) is 0 Å². The molecule has 2 rings (SSSR count). The van der Waals surface area contributed by atoms with Crippen LogP contribution in [0.3, 0.4) is 0 Å². The molecule has 0 aromatic heterocycles. The van der Waals surface area contributed by atoms with Crippen molar-refractivity contribution in [1.82, 2.24) is 20.4 Å². The van der Waals surface area contributed by atoms with Crippen LogP contribution in [-0.2, 0) is 10.8 Å². The maximum atomic E-state index is 12.1. The Morgan fingerprint density at radius 3 is 2.79 bits per heavy atom. The molecular formula is C17H35N5OS. The minimum absolute atomic E-state index is 0.345. The predicted molar refractivity (Wildman–Crippen MR) is 103 cm³/mol. The Morgan fingerprint density at radius 2 is 2.08 bits per heavy atom. The molecule has 1 heterocycles. The van der Waals surface area contributed by atoms with E-state index in [1.54, 1.807) is 0 Å². The molecule has 140 valence electrons. The highest BCUT2D eigenvalue weighted by molar-refractivity contribution is 7.85. The summed E-state index contributed by atoms with van der Waals surface area (Å²) in [6.45, 7) is 6.25. The van der Waals surface area contributed by atoms with Gasteiger partial charge in [0.2, 0.25) is 0 Å². The molecule has 4 unspecified atom stereocenters. The average Bonchev–Trinajstić information content (AvgIpc) is 2.60. The van der Waals surface area contributed by atoms with E-state index in [9.17, 15) is 4.21 Å². The van der Waals surface area contributed by atoms with Crippen LogP contribution in [0.4, 0.5) is 0 Å². The number of nitrogens with one attached hydrogen (secondary N) is 2. The Hall–Kier alpha value is -0.660. The smallest absolute Gasteiger partial charge is 0.191 e.